The molecule has 0 spiro atoms. The zero-order valence-corrected chi connectivity index (χ0v) is 13.8. The summed E-state index contributed by atoms with van der Waals surface area (Å²) in [4.78, 5) is 13.4. The Bertz CT molecular complexity index is 590. The van der Waals surface area contributed by atoms with E-state index in [1.54, 1.807) is 0 Å². The maximum atomic E-state index is 13.4. The minimum atomic E-state index is -0.535. The fourth-order valence-electron chi connectivity index (χ4n) is 3.87. The first kappa shape index (κ1) is 15.9. The van der Waals surface area contributed by atoms with E-state index in [9.17, 15) is 4.79 Å². The maximum absolute atomic E-state index is 13.4. The quantitative estimate of drug-likeness (QED) is 0.870. The normalized spacial score (nSPS) is 18.0. The van der Waals surface area contributed by atoms with Gasteiger partial charge in [-0.15, -0.1) is 0 Å². The summed E-state index contributed by atoms with van der Waals surface area (Å²) in [6.45, 7) is 3.16. The minimum Gasteiger partial charge on any atom is -0.314 e. The predicted molar refractivity (Wildman–Crippen MR) is 94.6 cm³/mol. The van der Waals surface area contributed by atoms with Crippen LogP contribution in [-0.2, 0) is 10.2 Å². The number of Topliss-reactive ketones (excluding diaryl/α,β-unsaturated/α-hetero) is 1. The summed E-state index contributed by atoms with van der Waals surface area (Å²) in [5.74, 6) is 0.330. The monoisotopic (exact) mass is 307 g/mol. The first-order chi connectivity index (χ1) is 11.3. The highest BCUT2D eigenvalue weighted by molar-refractivity contribution is 5.94. The van der Waals surface area contributed by atoms with Gasteiger partial charge in [0.25, 0.3) is 0 Å². The number of nitrogens with one attached hydrogen (secondary N) is 1. The lowest BCUT2D eigenvalue weighted by atomic mass is 9.68. The van der Waals surface area contributed by atoms with Gasteiger partial charge in [-0.1, -0.05) is 67.6 Å². The number of ketones is 1. The number of carbonyl (C=O) groups is 1. The molecule has 0 radical (unpaired) electrons. The van der Waals surface area contributed by atoms with E-state index >= 15 is 0 Å². The summed E-state index contributed by atoms with van der Waals surface area (Å²) in [5.41, 5.74) is 1.68. The Morgan fingerprint density at radius 3 is 2.04 bits per heavy atom. The summed E-state index contributed by atoms with van der Waals surface area (Å²) in [5, 5.41) is 3.47. The molecule has 0 amide bonds. The second-order valence-corrected chi connectivity index (χ2v) is 6.41. The number of hydrogen-bond donors (Lipinski definition) is 1. The van der Waals surface area contributed by atoms with Crippen LogP contribution in [0.15, 0.2) is 60.7 Å². The van der Waals surface area contributed by atoms with Crippen LogP contribution >= 0.6 is 0 Å². The standard InChI is InChI=1S/C21H25NO/c1-2-21(17-10-5-3-6-11-17,18-12-7-4-8-13-18)20(23)16-19-14-9-15-22-19/h3-8,10-13,19,22H,2,9,14-16H2,1H3. The van der Waals surface area contributed by atoms with Crippen molar-refractivity contribution in [3.8, 4) is 0 Å². The largest absolute Gasteiger partial charge is 0.314 e. The third kappa shape index (κ3) is 3.09. The van der Waals surface area contributed by atoms with Crippen molar-refractivity contribution in [1.82, 2.24) is 5.32 Å². The zero-order chi connectivity index (χ0) is 16.1. The highest BCUT2D eigenvalue weighted by atomic mass is 16.1. The smallest absolute Gasteiger partial charge is 0.149 e. The molecule has 1 N–H and O–H groups in total. The maximum Gasteiger partial charge on any atom is 0.149 e. The SMILES string of the molecule is CCC(C(=O)CC1CCCN1)(c1ccccc1)c1ccccc1. The Kier molecular flexibility index (Phi) is 4.92. The van der Waals surface area contributed by atoms with E-state index in [1.165, 1.54) is 6.42 Å². The molecule has 0 saturated carbocycles. The first-order valence-corrected chi connectivity index (χ1v) is 8.65. The van der Waals surface area contributed by atoms with Gasteiger partial charge in [-0.2, -0.15) is 0 Å². The molecule has 0 aromatic heterocycles. The lowest BCUT2D eigenvalue weighted by molar-refractivity contribution is -0.123. The number of benzene rings is 2. The Morgan fingerprint density at radius 2 is 1.61 bits per heavy atom. The molecule has 23 heavy (non-hydrogen) atoms. The third-order valence-corrected chi connectivity index (χ3v) is 5.13. The summed E-state index contributed by atoms with van der Waals surface area (Å²) >= 11 is 0. The van der Waals surface area contributed by atoms with Crippen LogP contribution in [0, 0.1) is 0 Å². The molecule has 2 nitrogen and oxygen atoms in total. The zero-order valence-electron chi connectivity index (χ0n) is 13.8. The van der Waals surface area contributed by atoms with E-state index in [1.807, 2.05) is 36.4 Å². The van der Waals surface area contributed by atoms with Gasteiger partial charge in [0.2, 0.25) is 0 Å². The molecule has 1 unspecified atom stereocenters. The lowest BCUT2D eigenvalue weighted by Crippen LogP contribution is -2.40. The van der Waals surface area contributed by atoms with Crippen molar-refractivity contribution in [3.63, 3.8) is 0 Å². The van der Waals surface area contributed by atoms with Crippen LogP contribution in [0.2, 0.25) is 0 Å². The van der Waals surface area contributed by atoms with Crippen LogP contribution in [0.25, 0.3) is 0 Å². The summed E-state index contributed by atoms with van der Waals surface area (Å²) in [6, 6.07) is 20.9. The molecule has 3 rings (SSSR count). The molecule has 1 aliphatic heterocycles. The molecular weight excluding hydrogens is 282 g/mol. The number of carbonyl (C=O) groups excluding carboxylic acids is 1. The van der Waals surface area contributed by atoms with E-state index in [0.717, 1.165) is 30.5 Å². The summed E-state index contributed by atoms with van der Waals surface area (Å²) < 4.78 is 0. The molecule has 0 bridgehead atoms. The van der Waals surface area contributed by atoms with Gasteiger partial charge in [-0.3, -0.25) is 4.79 Å². The van der Waals surface area contributed by atoms with Gasteiger partial charge in [0.05, 0.1) is 5.41 Å². The Labute approximate surface area is 138 Å². The lowest BCUT2D eigenvalue weighted by Gasteiger charge is -2.33. The van der Waals surface area contributed by atoms with E-state index in [0.29, 0.717) is 18.2 Å². The van der Waals surface area contributed by atoms with Crippen molar-refractivity contribution >= 4 is 5.78 Å². The molecule has 1 atom stereocenters. The second-order valence-electron chi connectivity index (χ2n) is 6.41. The van der Waals surface area contributed by atoms with Gasteiger partial charge in [0.1, 0.15) is 5.78 Å². The molecule has 2 heteroatoms. The third-order valence-electron chi connectivity index (χ3n) is 5.13. The van der Waals surface area contributed by atoms with Crippen LogP contribution in [0.3, 0.4) is 0 Å². The minimum absolute atomic E-state index is 0.330. The molecule has 0 aliphatic carbocycles. The van der Waals surface area contributed by atoms with Gasteiger partial charge in [0.15, 0.2) is 0 Å². The second kappa shape index (κ2) is 7.10. The van der Waals surface area contributed by atoms with Gasteiger partial charge in [0, 0.05) is 12.5 Å². The number of hydrogen-bond acceptors (Lipinski definition) is 2. The molecule has 2 aromatic rings. The molecular formula is C21H25NO. The van der Waals surface area contributed by atoms with E-state index in [2.05, 4.69) is 36.5 Å². The molecule has 1 heterocycles. The van der Waals surface area contributed by atoms with Crippen molar-refractivity contribution in [3.05, 3.63) is 71.8 Å². The average molecular weight is 307 g/mol. The van der Waals surface area contributed by atoms with Crippen molar-refractivity contribution < 1.29 is 4.79 Å². The van der Waals surface area contributed by atoms with E-state index < -0.39 is 5.41 Å². The first-order valence-electron chi connectivity index (χ1n) is 8.65. The molecule has 120 valence electrons. The average Bonchev–Trinajstić information content (AvgIpc) is 3.11. The van der Waals surface area contributed by atoms with Gasteiger partial charge in [-0.05, 0) is 36.9 Å². The molecule has 2 aromatic carbocycles. The summed E-state index contributed by atoms with van der Waals surface area (Å²) in [7, 11) is 0. The van der Waals surface area contributed by atoms with Crippen LogP contribution < -0.4 is 5.32 Å². The molecule has 1 saturated heterocycles. The van der Waals surface area contributed by atoms with Crippen molar-refractivity contribution in [1.29, 1.82) is 0 Å². The van der Waals surface area contributed by atoms with Crippen molar-refractivity contribution in [2.75, 3.05) is 6.54 Å². The predicted octanol–water partition coefficient (Wildman–Crippen LogP) is 4.09. The fraction of sp³-hybridized carbons (Fsp3) is 0.381. The Hall–Kier alpha value is -1.93. The van der Waals surface area contributed by atoms with Crippen LogP contribution in [-0.4, -0.2) is 18.4 Å². The van der Waals surface area contributed by atoms with Crippen molar-refractivity contribution in [2.45, 2.75) is 44.1 Å². The van der Waals surface area contributed by atoms with Crippen LogP contribution in [0.1, 0.15) is 43.7 Å². The molecule has 1 fully saturated rings. The Balaban J connectivity index is 2.03. The Morgan fingerprint density at radius 1 is 1.04 bits per heavy atom. The van der Waals surface area contributed by atoms with Crippen molar-refractivity contribution in [2.24, 2.45) is 0 Å². The molecule has 1 aliphatic rings. The fourth-order valence-corrected chi connectivity index (χ4v) is 3.87. The topological polar surface area (TPSA) is 29.1 Å². The summed E-state index contributed by atoms with van der Waals surface area (Å²) in [6.07, 6.45) is 3.67. The highest BCUT2D eigenvalue weighted by Gasteiger charge is 2.40. The van der Waals surface area contributed by atoms with Crippen LogP contribution in [0.4, 0.5) is 0 Å². The van der Waals surface area contributed by atoms with Crippen LogP contribution in [0.5, 0.6) is 0 Å². The van der Waals surface area contributed by atoms with Gasteiger partial charge >= 0.3 is 0 Å². The van der Waals surface area contributed by atoms with Gasteiger partial charge in [-0.25, -0.2) is 0 Å². The van der Waals surface area contributed by atoms with E-state index in [-0.39, 0.29) is 0 Å². The highest BCUT2D eigenvalue weighted by Crippen LogP contribution is 2.38. The van der Waals surface area contributed by atoms with E-state index in [4.69, 9.17) is 0 Å². The number of rotatable bonds is 6. The van der Waals surface area contributed by atoms with Gasteiger partial charge < -0.3 is 5.32 Å².